The van der Waals surface area contributed by atoms with Gasteiger partial charge in [0, 0.05) is 30.5 Å². The molecule has 152 valence electrons. The van der Waals surface area contributed by atoms with Gasteiger partial charge in [-0.3, -0.25) is 4.79 Å². The summed E-state index contributed by atoms with van der Waals surface area (Å²) in [6, 6.07) is 9.38. The van der Waals surface area contributed by atoms with E-state index in [0.29, 0.717) is 28.4 Å². The molecule has 2 aromatic carbocycles. The molecule has 0 bridgehead atoms. The van der Waals surface area contributed by atoms with Crippen molar-refractivity contribution in [1.82, 2.24) is 4.57 Å². The van der Waals surface area contributed by atoms with Crippen LogP contribution in [0.15, 0.2) is 58.9 Å². The normalized spacial score (nSPS) is 12.2. The summed E-state index contributed by atoms with van der Waals surface area (Å²) in [5, 5.41) is 0. The van der Waals surface area contributed by atoms with E-state index in [-0.39, 0.29) is 4.90 Å². The van der Waals surface area contributed by atoms with Crippen LogP contribution in [0.2, 0.25) is 0 Å². The summed E-state index contributed by atoms with van der Waals surface area (Å²) in [5.74, 6) is 0.694. The zero-order valence-corrected chi connectivity index (χ0v) is 17.8. The predicted octanol–water partition coefficient (Wildman–Crippen LogP) is 3.05. The molecule has 0 fully saturated rings. The Morgan fingerprint density at radius 1 is 1.17 bits per heavy atom. The minimum atomic E-state index is -3.33. The van der Waals surface area contributed by atoms with E-state index in [2.05, 4.69) is 11.6 Å². The van der Waals surface area contributed by atoms with Crippen LogP contribution in [0.3, 0.4) is 0 Å². The number of benzene rings is 2. The van der Waals surface area contributed by atoms with Gasteiger partial charge in [0.25, 0.3) is 5.91 Å². The van der Waals surface area contributed by atoms with Crippen LogP contribution in [-0.2, 0) is 16.4 Å². The number of sulfone groups is 1. The monoisotopic (exact) mass is 432 g/mol. The van der Waals surface area contributed by atoms with E-state index in [1.807, 2.05) is 16.7 Å². The minimum Gasteiger partial charge on any atom is -0.493 e. The second kappa shape index (κ2) is 8.22. The molecule has 1 amide bonds. The lowest BCUT2D eigenvalue weighted by Crippen LogP contribution is -2.16. The second-order valence-electron chi connectivity index (χ2n) is 6.17. The van der Waals surface area contributed by atoms with Crippen LogP contribution in [0.25, 0.3) is 10.2 Å². The second-order valence-corrected chi connectivity index (χ2v) is 9.20. The quantitative estimate of drug-likeness (QED) is 0.559. The third kappa shape index (κ3) is 4.25. The fraction of sp³-hybridized carbons (Fsp3) is 0.200. The van der Waals surface area contributed by atoms with Crippen LogP contribution in [0.1, 0.15) is 10.4 Å². The molecule has 0 unspecified atom stereocenters. The molecule has 1 heterocycles. The van der Waals surface area contributed by atoms with Crippen LogP contribution in [0, 0.1) is 0 Å². The zero-order valence-electron chi connectivity index (χ0n) is 16.2. The summed E-state index contributed by atoms with van der Waals surface area (Å²) in [4.78, 5) is 17.6. The molecule has 0 radical (unpaired) electrons. The molecule has 1 aromatic heterocycles. The first-order chi connectivity index (χ1) is 13.8. The van der Waals surface area contributed by atoms with E-state index in [4.69, 9.17) is 9.47 Å². The highest BCUT2D eigenvalue weighted by atomic mass is 32.2. The van der Waals surface area contributed by atoms with Crippen LogP contribution in [0.5, 0.6) is 11.5 Å². The fourth-order valence-electron chi connectivity index (χ4n) is 2.78. The number of methoxy groups -OCH3 is 2. The summed E-state index contributed by atoms with van der Waals surface area (Å²) in [5.41, 5.74) is 1.14. The van der Waals surface area contributed by atoms with Crippen LogP contribution in [0.4, 0.5) is 0 Å². The first kappa shape index (κ1) is 20.8. The molecule has 7 nitrogen and oxygen atoms in total. The molecule has 0 saturated carbocycles. The third-order valence-corrected chi connectivity index (χ3v) is 6.40. The Hall–Kier alpha value is -2.91. The SMILES string of the molecule is C=CCn1c(=NC(=O)c2ccc(S(C)(=O)=O)cc2)sc2cc(OC)c(OC)cc21. The molecule has 0 spiro atoms. The van der Waals surface area contributed by atoms with Crippen molar-refractivity contribution < 1.29 is 22.7 Å². The average Bonchev–Trinajstić information content (AvgIpc) is 3.02. The maximum atomic E-state index is 12.7. The molecule has 0 aliphatic carbocycles. The molecule has 0 N–H and O–H groups in total. The molecule has 0 saturated heterocycles. The Kier molecular flexibility index (Phi) is 5.90. The van der Waals surface area contributed by atoms with Gasteiger partial charge in [0.2, 0.25) is 0 Å². The smallest absolute Gasteiger partial charge is 0.279 e. The summed E-state index contributed by atoms with van der Waals surface area (Å²) in [6.45, 7) is 4.23. The number of nitrogens with zero attached hydrogens (tertiary/aromatic N) is 2. The molecule has 0 aliphatic heterocycles. The van der Waals surface area contributed by atoms with Gasteiger partial charge in [0.15, 0.2) is 26.1 Å². The van der Waals surface area contributed by atoms with E-state index in [9.17, 15) is 13.2 Å². The zero-order chi connectivity index (χ0) is 21.2. The third-order valence-electron chi connectivity index (χ3n) is 4.23. The van der Waals surface area contributed by atoms with Gasteiger partial charge in [0.1, 0.15) is 0 Å². The van der Waals surface area contributed by atoms with Gasteiger partial charge < -0.3 is 14.0 Å². The summed E-state index contributed by atoms with van der Waals surface area (Å²) >= 11 is 1.34. The van der Waals surface area contributed by atoms with Crippen molar-refractivity contribution >= 4 is 37.3 Å². The lowest BCUT2D eigenvalue weighted by molar-refractivity contribution is 0.0998. The summed E-state index contributed by atoms with van der Waals surface area (Å²) in [7, 11) is -0.210. The van der Waals surface area contributed by atoms with Gasteiger partial charge in [-0.05, 0) is 24.3 Å². The molecule has 29 heavy (non-hydrogen) atoms. The maximum absolute atomic E-state index is 12.7. The Labute approximate surface area is 172 Å². The minimum absolute atomic E-state index is 0.150. The van der Waals surface area contributed by atoms with E-state index < -0.39 is 15.7 Å². The number of aromatic nitrogens is 1. The van der Waals surface area contributed by atoms with E-state index in [0.717, 1.165) is 16.5 Å². The molecule has 0 aliphatic rings. The van der Waals surface area contributed by atoms with Gasteiger partial charge >= 0.3 is 0 Å². The van der Waals surface area contributed by atoms with Gasteiger partial charge in [-0.2, -0.15) is 4.99 Å². The standard InChI is InChI=1S/C20H20N2O5S2/c1-5-10-22-15-11-16(26-2)17(27-3)12-18(15)28-20(22)21-19(23)13-6-8-14(9-7-13)29(4,24)25/h5-9,11-12H,1,10H2,2-4H3. The van der Waals surface area contributed by atoms with E-state index in [1.54, 1.807) is 20.3 Å². The van der Waals surface area contributed by atoms with E-state index >= 15 is 0 Å². The number of ether oxygens (including phenoxy) is 2. The number of fused-ring (bicyclic) bond motifs is 1. The predicted molar refractivity (Wildman–Crippen MR) is 113 cm³/mol. The number of hydrogen-bond donors (Lipinski definition) is 0. The summed E-state index contributed by atoms with van der Waals surface area (Å²) < 4.78 is 36.6. The molecule has 3 rings (SSSR count). The number of carbonyl (C=O) groups is 1. The number of allylic oxidation sites excluding steroid dienone is 1. The number of carbonyl (C=O) groups excluding carboxylic acids is 1. The highest BCUT2D eigenvalue weighted by Gasteiger charge is 2.14. The van der Waals surface area contributed by atoms with Crippen molar-refractivity contribution in [1.29, 1.82) is 0 Å². The molecule has 3 aromatic rings. The van der Waals surface area contributed by atoms with Crippen molar-refractivity contribution in [3.05, 3.63) is 59.4 Å². The van der Waals surface area contributed by atoms with Gasteiger partial charge in [0.05, 0.1) is 29.3 Å². The van der Waals surface area contributed by atoms with Crippen LogP contribution in [-0.4, -0.2) is 39.4 Å². The van der Waals surface area contributed by atoms with E-state index in [1.165, 1.54) is 35.6 Å². The van der Waals surface area contributed by atoms with Crippen molar-refractivity contribution in [2.45, 2.75) is 11.4 Å². The Morgan fingerprint density at radius 3 is 2.34 bits per heavy atom. The topological polar surface area (TPSA) is 87.0 Å². The first-order valence-corrected chi connectivity index (χ1v) is 11.2. The van der Waals surface area contributed by atoms with Crippen LogP contribution >= 0.6 is 11.3 Å². The molecule has 9 heteroatoms. The highest BCUT2D eigenvalue weighted by Crippen LogP contribution is 2.33. The van der Waals surface area contributed by atoms with Crippen molar-refractivity contribution in [2.24, 2.45) is 4.99 Å². The molecule has 0 atom stereocenters. The largest absolute Gasteiger partial charge is 0.493 e. The van der Waals surface area contributed by atoms with Crippen molar-refractivity contribution in [2.75, 3.05) is 20.5 Å². The molecular weight excluding hydrogens is 412 g/mol. The summed E-state index contributed by atoms with van der Waals surface area (Å²) in [6.07, 6.45) is 2.83. The number of rotatable bonds is 6. The molecular formula is C20H20N2O5S2. The van der Waals surface area contributed by atoms with Crippen molar-refractivity contribution in [3.8, 4) is 11.5 Å². The van der Waals surface area contributed by atoms with Gasteiger partial charge in [-0.1, -0.05) is 17.4 Å². The average molecular weight is 433 g/mol. The Morgan fingerprint density at radius 2 is 1.79 bits per heavy atom. The lowest BCUT2D eigenvalue weighted by atomic mass is 10.2. The van der Waals surface area contributed by atoms with Crippen LogP contribution < -0.4 is 14.3 Å². The van der Waals surface area contributed by atoms with Gasteiger partial charge in [-0.25, -0.2) is 8.42 Å². The Balaban J connectivity index is 2.12. The number of amides is 1. The highest BCUT2D eigenvalue weighted by molar-refractivity contribution is 7.90. The number of hydrogen-bond acceptors (Lipinski definition) is 6. The van der Waals surface area contributed by atoms with Gasteiger partial charge in [-0.15, -0.1) is 6.58 Å². The van der Waals surface area contributed by atoms with Crippen molar-refractivity contribution in [3.63, 3.8) is 0 Å². The maximum Gasteiger partial charge on any atom is 0.279 e. The fourth-order valence-corrected chi connectivity index (χ4v) is 4.46. The lowest BCUT2D eigenvalue weighted by Gasteiger charge is -2.08. The first-order valence-electron chi connectivity index (χ1n) is 8.54. The Bertz CT molecular complexity index is 1250. The number of thiazole rings is 1.